The van der Waals surface area contributed by atoms with Crippen molar-refractivity contribution in [2.75, 3.05) is 13.1 Å². The summed E-state index contributed by atoms with van der Waals surface area (Å²) >= 11 is 0. The molecule has 1 aromatic rings. The van der Waals surface area contributed by atoms with Gasteiger partial charge in [0.2, 0.25) is 10.0 Å². The van der Waals surface area contributed by atoms with Crippen LogP contribution in [0.2, 0.25) is 0 Å². The number of sulfonamides is 1. The second kappa shape index (κ2) is 5.58. The lowest BCUT2D eigenvalue weighted by Gasteiger charge is -2.31. The summed E-state index contributed by atoms with van der Waals surface area (Å²) in [5.74, 6) is 0. The third-order valence-electron chi connectivity index (χ3n) is 3.62. The number of hydrogen-bond acceptors (Lipinski definition) is 4. The lowest BCUT2D eigenvalue weighted by molar-refractivity contribution is 0.389. The second-order valence-electron chi connectivity index (χ2n) is 6.08. The number of aromatic nitrogens is 1. The second-order valence-corrected chi connectivity index (χ2v) is 8.02. The fourth-order valence-electron chi connectivity index (χ4n) is 2.30. The smallest absolute Gasteiger partial charge is 0.244 e. The largest absolute Gasteiger partial charge is 0.244 e. The van der Waals surface area contributed by atoms with Crippen LogP contribution in [0.15, 0.2) is 34.9 Å². The number of hydrogen-bond donors (Lipinski definition) is 0. The summed E-state index contributed by atoms with van der Waals surface area (Å²) in [7, 11) is -3.54. The van der Waals surface area contributed by atoms with E-state index in [1.54, 1.807) is 0 Å². The Morgan fingerprint density at radius 2 is 2.05 bits per heavy atom. The Morgan fingerprint density at radius 1 is 1.33 bits per heavy atom. The number of pyridine rings is 1. The van der Waals surface area contributed by atoms with Crippen LogP contribution in [0.3, 0.4) is 0 Å². The van der Waals surface area contributed by atoms with Gasteiger partial charge in [-0.3, -0.25) is 0 Å². The maximum atomic E-state index is 12.5. The number of nitrogens with zero attached hydrogens (tertiary/aromatic N) is 3. The SMILES string of the molecule is CC(C)(C)C1=CCN(S(=O)(=O)c2ccc(C#N)nc2)CC1. The molecule has 0 aromatic carbocycles. The van der Waals surface area contributed by atoms with Crippen molar-refractivity contribution in [3.05, 3.63) is 35.7 Å². The van der Waals surface area contributed by atoms with Gasteiger partial charge in [-0.15, -0.1) is 0 Å². The van der Waals surface area contributed by atoms with E-state index in [4.69, 9.17) is 5.26 Å². The molecule has 2 rings (SSSR count). The van der Waals surface area contributed by atoms with Gasteiger partial charge in [0, 0.05) is 19.3 Å². The first-order valence-electron chi connectivity index (χ1n) is 6.81. The summed E-state index contributed by atoms with van der Waals surface area (Å²) in [6.07, 6.45) is 3.99. The van der Waals surface area contributed by atoms with Crippen LogP contribution in [-0.4, -0.2) is 30.8 Å². The zero-order chi connectivity index (χ0) is 15.7. The Labute approximate surface area is 126 Å². The van der Waals surface area contributed by atoms with Gasteiger partial charge in [-0.2, -0.15) is 9.57 Å². The topological polar surface area (TPSA) is 74.1 Å². The fraction of sp³-hybridized carbons (Fsp3) is 0.467. The standard InChI is InChI=1S/C15H19N3O2S/c1-15(2,3)12-6-8-18(9-7-12)21(19,20)14-5-4-13(10-16)17-11-14/h4-6,11H,7-9H2,1-3H3. The highest BCUT2D eigenvalue weighted by molar-refractivity contribution is 7.89. The Morgan fingerprint density at radius 3 is 2.48 bits per heavy atom. The first kappa shape index (κ1) is 15.7. The normalized spacial score (nSPS) is 17.1. The average molecular weight is 305 g/mol. The first-order valence-corrected chi connectivity index (χ1v) is 8.25. The van der Waals surface area contributed by atoms with Crippen LogP contribution in [-0.2, 0) is 10.0 Å². The van der Waals surface area contributed by atoms with E-state index in [1.165, 1.54) is 28.2 Å². The van der Waals surface area contributed by atoms with Crippen molar-refractivity contribution in [2.45, 2.75) is 32.1 Å². The van der Waals surface area contributed by atoms with Gasteiger partial charge in [0.15, 0.2) is 0 Å². The van der Waals surface area contributed by atoms with Crippen LogP contribution in [0.25, 0.3) is 0 Å². The predicted molar refractivity (Wildman–Crippen MR) is 79.9 cm³/mol. The van der Waals surface area contributed by atoms with Crippen LogP contribution in [0.1, 0.15) is 32.9 Å². The van der Waals surface area contributed by atoms with Crippen molar-refractivity contribution in [2.24, 2.45) is 5.41 Å². The Balaban J connectivity index is 2.22. The fourth-order valence-corrected chi connectivity index (χ4v) is 3.62. The molecule has 6 heteroatoms. The molecule has 1 aliphatic rings. The summed E-state index contributed by atoms with van der Waals surface area (Å²) in [6, 6.07) is 4.74. The molecule has 0 unspecified atom stereocenters. The monoisotopic (exact) mass is 305 g/mol. The molecule has 0 bridgehead atoms. The van der Waals surface area contributed by atoms with E-state index >= 15 is 0 Å². The van der Waals surface area contributed by atoms with Gasteiger partial charge in [-0.1, -0.05) is 32.4 Å². The van der Waals surface area contributed by atoms with Gasteiger partial charge >= 0.3 is 0 Å². The molecule has 0 N–H and O–H groups in total. The Bertz CT molecular complexity index is 692. The molecule has 0 aliphatic carbocycles. The third-order valence-corrected chi connectivity index (χ3v) is 5.47. The molecular weight excluding hydrogens is 286 g/mol. The van der Waals surface area contributed by atoms with Crippen molar-refractivity contribution >= 4 is 10.0 Å². The zero-order valence-electron chi connectivity index (χ0n) is 12.5. The lowest BCUT2D eigenvalue weighted by atomic mass is 9.83. The maximum absolute atomic E-state index is 12.5. The zero-order valence-corrected chi connectivity index (χ0v) is 13.3. The quantitative estimate of drug-likeness (QED) is 0.786. The molecule has 0 saturated heterocycles. The molecule has 2 heterocycles. The van der Waals surface area contributed by atoms with Gasteiger partial charge in [0.25, 0.3) is 0 Å². The molecule has 0 atom stereocenters. The summed E-state index contributed by atoms with van der Waals surface area (Å²) < 4.78 is 26.5. The van der Waals surface area contributed by atoms with E-state index < -0.39 is 10.0 Å². The lowest BCUT2D eigenvalue weighted by Crippen LogP contribution is -2.36. The van der Waals surface area contributed by atoms with E-state index in [0.717, 1.165) is 6.42 Å². The van der Waals surface area contributed by atoms with Gasteiger partial charge in [-0.25, -0.2) is 13.4 Å². The maximum Gasteiger partial charge on any atom is 0.244 e. The van der Waals surface area contributed by atoms with E-state index in [1.807, 2.05) is 12.1 Å². The van der Waals surface area contributed by atoms with Crippen LogP contribution in [0.5, 0.6) is 0 Å². The molecule has 1 aromatic heterocycles. The van der Waals surface area contributed by atoms with E-state index in [-0.39, 0.29) is 16.0 Å². The molecule has 21 heavy (non-hydrogen) atoms. The van der Waals surface area contributed by atoms with Crippen molar-refractivity contribution < 1.29 is 8.42 Å². The predicted octanol–water partition coefficient (Wildman–Crippen LogP) is 2.32. The van der Waals surface area contributed by atoms with Crippen molar-refractivity contribution in [3.8, 4) is 6.07 Å². The summed E-state index contributed by atoms with van der Waals surface area (Å²) in [4.78, 5) is 3.96. The van der Waals surface area contributed by atoms with Crippen LogP contribution < -0.4 is 0 Å². The van der Waals surface area contributed by atoms with E-state index in [2.05, 4.69) is 25.8 Å². The molecule has 112 valence electrons. The van der Waals surface area contributed by atoms with E-state index in [0.29, 0.717) is 13.1 Å². The molecular formula is C15H19N3O2S. The average Bonchev–Trinajstić information content (AvgIpc) is 2.46. The highest BCUT2D eigenvalue weighted by Crippen LogP contribution is 2.31. The summed E-state index contributed by atoms with van der Waals surface area (Å²) in [5, 5.41) is 8.71. The summed E-state index contributed by atoms with van der Waals surface area (Å²) in [5.41, 5.74) is 1.57. The molecule has 0 radical (unpaired) electrons. The minimum atomic E-state index is -3.54. The molecule has 1 aliphatic heterocycles. The molecule has 0 amide bonds. The minimum Gasteiger partial charge on any atom is -0.244 e. The number of rotatable bonds is 2. The van der Waals surface area contributed by atoms with Gasteiger partial charge in [-0.05, 0) is 24.0 Å². The highest BCUT2D eigenvalue weighted by Gasteiger charge is 2.29. The Kier molecular flexibility index (Phi) is 4.17. The minimum absolute atomic E-state index is 0.0752. The molecule has 0 saturated carbocycles. The van der Waals surface area contributed by atoms with Gasteiger partial charge in [0.1, 0.15) is 16.7 Å². The molecule has 5 nitrogen and oxygen atoms in total. The van der Waals surface area contributed by atoms with Crippen LogP contribution >= 0.6 is 0 Å². The van der Waals surface area contributed by atoms with Crippen molar-refractivity contribution in [3.63, 3.8) is 0 Å². The number of nitriles is 1. The van der Waals surface area contributed by atoms with Crippen molar-refractivity contribution in [1.29, 1.82) is 5.26 Å². The molecule has 0 spiro atoms. The van der Waals surface area contributed by atoms with Gasteiger partial charge < -0.3 is 0 Å². The molecule has 0 fully saturated rings. The van der Waals surface area contributed by atoms with Gasteiger partial charge in [0.05, 0.1) is 0 Å². The van der Waals surface area contributed by atoms with Crippen LogP contribution in [0.4, 0.5) is 0 Å². The summed E-state index contributed by atoms with van der Waals surface area (Å²) in [6.45, 7) is 7.26. The van der Waals surface area contributed by atoms with E-state index in [9.17, 15) is 8.42 Å². The van der Waals surface area contributed by atoms with Crippen LogP contribution in [0, 0.1) is 16.7 Å². The van der Waals surface area contributed by atoms with Crippen molar-refractivity contribution in [1.82, 2.24) is 9.29 Å². The third kappa shape index (κ3) is 3.31. The highest BCUT2D eigenvalue weighted by atomic mass is 32.2. The first-order chi connectivity index (χ1) is 9.75. The Hall–Kier alpha value is -1.71.